The van der Waals surface area contributed by atoms with Gasteiger partial charge in [-0.25, -0.2) is 0 Å². The fourth-order valence-corrected chi connectivity index (χ4v) is 2.26. The smallest absolute Gasteiger partial charge is 0.231 e. The Bertz CT molecular complexity index is 492. The van der Waals surface area contributed by atoms with Crippen molar-refractivity contribution in [2.75, 3.05) is 18.6 Å². The zero-order valence-electron chi connectivity index (χ0n) is 10.6. The number of carbonyl (C=O) groups excluding carboxylic acids is 2. The first-order valence-corrected chi connectivity index (χ1v) is 6.13. The fraction of sp³-hybridized carbons (Fsp3) is 0.429. The number of hydrogen-bond acceptors (Lipinski definition) is 3. The molecule has 1 N–H and O–H groups in total. The van der Waals surface area contributed by atoms with Crippen molar-refractivity contribution in [2.24, 2.45) is 5.92 Å². The maximum atomic E-state index is 12.1. The summed E-state index contributed by atoms with van der Waals surface area (Å²) in [5.74, 6) is -0.355. The van der Waals surface area contributed by atoms with E-state index in [1.807, 2.05) is 6.92 Å². The molecule has 1 aliphatic rings. The van der Waals surface area contributed by atoms with Gasteiger partial charge in [-0.3, -0.25) is 9.59 Å². The van der Waals surface area contributed by atoms with Crippen LogP contribution in [0.1, 0.15) is 29.3 Å². The molecule has 0 spiro atoms. The highest BCUT2D eigenvalue weighted by Gasteiger charge is 2.26. The van der Waals surface area contributed by atoms with E-state index in [2.05, 4.69) is 0 Å². The second kappa shape index (κ2) is 4.90. The molecule has 1 unspecified atom stereocenters. The van der Waals surface area contributed by atoms with Gasteiger partial charge in [0.2, 0.25) is 5.91 Å². The molecule has 0 bridgehead atoms. The number of rotatable bonds is 4. The van der Waals surface area contributed by atoms with Crippen molar-refractivity contribution in [3.05, 3.63) is 29.3 Å². The molecule has 0 saturated heterocycles. The molecule has 0 saturated carbocycles. The number of amides is 1. The van der Waals surface area contributed by atoms with Gasteiger partial charge in [0.05, 0.1) is 13.0 Å². The Morgan fingerprint density at radius 2 is 2.22 bits per heavy atom. The standard InChI is InChI=1S/C14H17NO3/c1-3-9(8-16)14(18)10-4-5-12-11(6-10)7-13(17)15(12)2/h4-6,9,16H,3,7-8H2,1-2H3. The summed E-state index contributed by atoms with van der Waals surface area (Å²) in [7, 11) is 1.73. The van der Waals surface area contributed by atoms with Crippen LogP contribution >= 0.6 is 0 Å². The lowest BCUT2D eigenvalue weighted by molar-refractivity contribution is -0.117. The highest BCUT2D eigenvalue weighted by atomic mass is 16.3. The molecule has 18 heavy (non-hydrogen) atoms. The lowest BCUT2D eigenvalue weighted by atomic mass is 9.94. The van der Waals surface area contributed by atoms with Gasteiger partial charge in [0.15, 0.2) is 5.78 Å². The summed E-state index contributed by atoms with van der Waals surface area (Å²) in [5.41, 5.74) is 2.34. The number of hydrogen-bond donors (Lipinski definition) is 1. The molecule has 1 amide bonds. The molecule has 0 aromatic heterocycles. The van der Waals surface area contributed by atoms with E-state index >= 15 is 0 Å². The second-order valence-corrected chi connectivity index (χ2v) is 4.63. The molecule has 0 fully saturated rings. The van der Waals surface area contributed by atoms with Crippen LogP contribution in [0.4, 0.5) is 5.69 Å². The van der Waals surface area contributed by atoms with Crippen LogP contribution in [0.2, 0.25) is 0 Å². The summed E-state index contributed by atoms with van der Waals surface area (Å²) < 4.78 is 0. The summed E-state index contributed by atoms with van der Waals surface area (Å²) in [5, 5.41) is 9.15. The van der Waals surface area contributed by atoms with Gasteiger partial charge in [-0.2, -0.15) is 0 Å². The van der Waals surface area contributed by atoms with E-state index in [9.17, 15) is 9.59 Å². The van der Waals surface area contributed by atoms with E-state index in [4.69, 9.17) is 5.11 Å². The van der Waals surface area contributed by atoms with Crippen LogP contribution in [-0.2, 0) is 11.2 Å². The third-order valence-corrected chi connectivity index (χ3v) is 3.53. The largest absolute Gasteiger partial charge is 0.396 e. The van der Waals surface area contributed by atoms with Crippen LogP contribution in [-0.4, -0.2) is 30.5 Å². The summed E-state index contributed by atoms with van der Waals surface area (Å²) in [4.78, 5) is 25.3. The number of aliphatic hydroxyl groups excluding tert-OH is 1. The van der Waals surface area contributed by atoms with Gasteiger partial charge < -0.3 is 10.0 Å². The van der Waals surface area contributed by atoms with Crippen molar-refractivity contribution in [3.63, 3.8) is 0 Å². The molecule has 4 nitrogen and oxygen atoms in total. The number of aliphatic hydroxyl groups is 1. The molecule has 0 aliphatic carbocycles. The van der Waals surface area contributed by atoms with Crippen molar-refractivity contribution in [1.82, 2.24) is 0 Å². The third-order valence-electron chi connectivity index (χ3n) is 3.53. The number of Topliss-reactive ketones (excluding diaryl/α,β-unsaturated/α-hetero) is 1. The predicted octanol–water partition coefficient (Wildman–Crippen LogP) is 1.41. The first-order chi connectivity index (χ1) is 8.58. The maximum absolute atomic E-state index is 12.1. The molecule has 4 heteroatoms. The van der Waals surface area contributed by atoms with E-state index in [-0.39, 0.29) is 24.2 Å². The molecule has 1 heterocycles. The second-order valence-electron chi connectivity index (χ2n) is 4.63. The van der Waals surface area contributed by atoms with Gasteiger partial charge in [0, 0.05) is 24.2 Å². The SMILES string of the molecule is CCC(CO)C(=O)c1ccc2c(c1)CC(=O)N2C. The van der Waals surface area contributed by atoms with Gasteiger partial charge in [-0.05, 0) is 30.2 Å². The minimum absolute atomic E-state index is 0.0452. The lowest BCUT2D eigenvalue weighted by Gasteiger charge is -2.13. The van der Waals surface area contributed by atoms with E-state index in [1.165, 1.54) is 0 Å². The first-order valence-electron chi connectivity index (χ1n) is 6.13. The number of fused-ring (bicyclic) bond motifs is 1. The van der Waals surface area contributed by atoms with Crippen molar-refractivity contribution >= 4 is 17.4 Å². The Morgan fingerprint density at radius 1 is 1.50 bits per heavy atom. The molecule has 1 aromatic rings. The van der Waals surface area contributed by atoms with Crippen LogP contribution in [0.5, 0.6) is 0 Å². The van der Waals surface area contributed by atoms with Gasteiger partial charge in [-0.15, -0.1) is 0 Å². The molecule has 1 aliphatic heterocycles. The maximum Gasteiger partial charge on any atom is 0.231 e. The number of likely N-dealkylation sites (N-methyl/N-ethyl adjacent to an activating group) is 1. The number of carbonyl (C=O) groups is 2. The zero-order chi connectivity index (χ0) is 13.3. The van der Waals surface area contributed by atoms with Crippen LogP contribution in [0.3, 0.4) is 0 Å². The lowest BCUT2D eigenvalue weighted by Crippen LogP contribution is -2.20. The van der Waals surface area contributed by atoms with E-state index < -0.39 is 0 Å². The highest BCUT2D eigenvalue weighted by Crippen LogP contribution is 2.29. The van der Waals surface area contributed by atoms with Crippen molar-refractivity contribution in [1.29, 1.82) is 0 Å². The minimum Gasteiger partial charge on any atom is -0.396 e. The van der Waals surface area contributed by atoms with Gasteiger partial charge in [0.25, 0.3) is 0 Å². The summed E-state index contributed by atoms with van der Waals surface area (Å²) in [6.45, 7) is 1.74. The molecular formula is C14H17NO3. The average Bonchev–Trinajstić information content (AvgIpc) is 2.66. The Hall–Kier alpha value is -1.68. The molecule has 1 aromatic carbocycles. The normalized spacial score (nSPS) is 15.7. The number of benzene rings is 1. The van der Waals surface area contributed by atoms with Crippen LogP contribution in [0, 0.1) is 5.92 Å². The van der Waals surface area contributed by atoms with Gasteiger partial charge >= 0.3 is 0 Å². The Morgan fingerprint density at radius 3 is 2.83 bits per heavy atom. The van der Waals surface area contributed by atoms with Crippen molar-refractivity contribution in [3.8, 4) is 0 Å². The number of ketones is 1. The summed E-state index contributed by atoms with van der Waals surface area (Å²) in [6.07, 6.45) is 0.966. The Balaban J connectivity index is 2.31. The van der Waals surface area contributed by atoms with E-state index in [0.29, 0.717) is 18.4 Å². The summed E-state index contributed by atoms with van der Waals surface area (Å²) in [6, 6.07) is 5.31. The van der Waals surface area contributed by atoms with Gasteiger partial charge in [0.1, 0.15) is 0 Å². The minimum atomic E-state index is -0.349. The van der Waals surface area contributed by atoms with Crippen molar-refractivity contribution < 1.29 is 14.7 Å². The van der Waals surface area contributed by atoms with Crippen molar-refractivity contribution in [2.45, 2.75) is 19.8 Å². The monoisotopic (exact) mass is 247 g/mol. The van der Waals surface area contributed by atoms with Crippen LogP contribution in [0.15, 0.2) is 18.2 Å². The molecule has 96 valence electrons. The fourth-order valence-electron chi connectivity index (χ4n) is 2.26. The first kappa shape index (κ1) is 12.8. The predicted molar refractivity (Wildman–Crippen MR) is 68.8 cm³/mol. The quantitative estimate of drug-likeness (QED) is 0.818. The average molecular weight is 247 g/mol. The molecule has 2 rings (SSSR count). The topological polar surface area (TPSA) is 57.6 Å². The molecular weight excluding hydrogens is 230 g/mol. The van der Waals surface area contributed by atoms with E-state index in [1.54, 1.807) is 30.1 Å². The number of anilines is 1. The Kier molecular flexibility index (Phi) is 3.48. The molecule has 1 atom stereocenters. The third kappa shape index (κ3) is 2.04. The van der Waals surface area contributed by atoms with Crippen LogP contribution in [0.25, 0.3) is 0 Å². The zero-order valence-corrected chi connectivity index (χ0v) is 10.6. The number of nitrogens with zero attached hydrogens (tertiary/aromatic N) is 1. The van der Waals surface area contributed by atoms with Gasteiger partial charge in [-0.1, -0.05) is 6.92 Å². The highest BCUT2D eigenvalue weighted by molar-refractivity contribution is 6.03. The molecule has 0 radical (unpaired) electrons. The van der Waals surface area contributed by atoms with Crippen LogP contribution < -0.4 is 4.90 Å². The summed E-state index contributed by atoms with van der Waals surface area (Å²) >= 11 is 0. The van der Waals surface area contributed by atoms with E-state index in [0.717, 1.165) is 11.3 Å². The Labute approximate surface area is 106 Å².